The van der Waals surface area contributed by atoms with Gasteiger partial charge in [0, 0.05) is 61.7 Å². The summed E-state index contributed by atoms with van der Waals surface area (Å²) in [6, 6.07) is 3.26. The van der Waals surface area contributed by atoms with Crippen molar-refractivity contribution in [3.8, 4) is 0 Å². The van der Waals surface area contributed by atoms with Crippen LogP contribution in [-0.4, -0.2) is 65.6 Å². The highest BCUT2D eigenvalue weighted by Crippen LogP contribution is 2.30. The van der Waals surface area contributed by atoms with Crippen LogP contribution in [0.4, 0.5) is 0 Å². The number of carbonyl (C=O) groups is 2. The SMILES string of the molecule is Cc1c(C(=O)NN2CCN(C)CC2)oc2c1/C(=N/NC(=O)c1ccncc1)CCC2. The highest BCUT2D eigenvalue weighted by atomic mass is 16.4. The zero-order valence-corrected chi connectivity index (χ0v) is 17.3. The van der Waals surface area contributed by atoms with Crippen molar-refractivity contribution >= 4 is 17.5 Å². The molecule has 2 aliphatic rings. The summed E-state index contributed by atoms with van der Waals surface area (Å²) in [7, 11) is 2.07. The molecule has 0 atom stereocenters. The molecule has 0 radical (unpaired) electrons. The smallest absolute Gasteiger partial charge is 0.301 e. The van der Waals surface area contributed by atoms with Crippen LogP contribution in [0.1, 0.15) is 50.6 Å². The number of aryl methyl sites for hydroxylation is 1. The summed E-state index contributed by atoms with van der Waals surface area (Å²) < 4.78 is 5.93. The van der Waals surface area contributed by atoms with Gasteiger partial charge in [-0.1, -0.05) is 0 Å². The lowest BCUT2D eigenvalue weighted by Crippen LogP contribution is -2.52. The number of carbonyl (C=O) groups excluding carboxylic acids is 2. The average Bonchev–Trinajstić information content (AvgIpc) is 3.11. The number of nitrogens with one attached hydrogen (secondary N) is 2. The van der Waals surface area contributed by atoms with Crippen LogP contribution < -0.4 is 10.9 Å². The third-order valence-corrected chi connectivity index (χ3v) is 5.53. The lowest BCUT2D eigenvalue weighted by Gasteiger charge is -2.32. The van der Waals surface area contributed by atoms with E-state index in [1.807, 2.05) is 11.9 Å². The predicted octanol–water partition coefficient (Wildman–Crippen LogP) is 1.35. The lowest BCUT2D eigenvalue weighted by atomic mass is 9.93. The maximum atomic E-state index is 12.8. The van der Waals surface area contributed by atoms with E-state index in [1.165, 1.54) is 0 Å². The number of likely N-dealkylation sites (N-methyl/N-ethyl adjacent to an activating group) is 1. The molecule has 0 unspecified atom stereocenters. The molecule has 1 saturated heterocycles. The molecule has 3 heterocycles. The Labute approximate surface area is 175 Å². The van der Waals surface area contributed by atoms with E-state index in [4.69, 9.17) is 4.42 Å². The van der Waals surface area contributed by atoms with Gasteiger partial charge in [0.1, 0.15) is 5.76 Å². The number of piperazine rings is 1. The minimum Gasteiger partial charge on any atom is -0.455 e. The number of aromatic nitrogens is 1. The van der Waals surface area contributed by atoms with Crippen molar-refractivity contribution in [2.75, 3.05) is 33.2 Å². The van der Waals surface area contributed by atoms with Gasteiger partial charge < -0.3 is 9.32 Å². The number of pyridine rings is 1. The van der Waals surface area contributed by atoms with Crippen LogP contribution in [0.5, 0.6) is 0 Å². The van der Waals surface area contributed by atoms with Gasteiger partial charge in [-0.2, -0.15) is 5.10 Å². The van der Waals surface area contributed by atoms with Gasteiger partial charge in [0.2, 0.25) is 0 Å². The van der Waals surface area contributed by atoms with Crippen LogP contribution in [0.25, 0.3) is 0 Å². The molecule has 0 aromatic carbocycles. The van der Waals surface area contributed by atoms with Crippen molar-refractivity contribution in [2.24, 2.45) is 5.10 Å². The van der Waals surface area contributed by atoms with Crippen LogP contribution in [0, 0.1) is 6.92 Å². The molecule has 0 saturated carbocycles. The second-order valence-electron chi connectivity index (χ2n) is 7.67. The Kier molecular flexibility index (Phi) is 5.91. The molecular formula is C21H26N6O3. The fraction of sp³-hybridized carbons (Fsp3) is 0.429. The highest BCUT2D eigenvalue weighted by Gasteiger charge is 2.29. The number of hydrogen-bond acceptors (Lipinski definition) is 7. The number of nitrogens with zero attached hydrogens (tertiary/aromatic N) is 4. The lowest BCUT2D eigenvalue weighted by molar-refractivity contribution is 0.0634. The van der Waals surface area contributed by atoms with Gasteiger partial charge in [-0.3, -0.25) is 20.0 Å². The van der Waals surface area contributed by atoms with E-state index in [2.05, 4.69) is 32.9 Å². The second kappa shape index (κ2) is 8.76. The van der Waals surface area contributed by atoms with E-state index in [0.29, 0.717) is 17.7 Å². The Morgan fingerprint density at radius 3 is 2.57 bits per heavy atom. The number of hydrogen-bond donors (Lipinski definition) is 2. The van der Waals surface area contributed by atoms with Gasteiger partial charge in [-0.15, -0.1) is 0 Å². The monoisotopic (exact) mass is 410 g/mol. The Balaban J connectivity index is 1.50. The van der Waals surface area contributed by atoms with Crippen LogP contribution in [0.15, 0.2) is 34.0 Å². The van der Waals surface area contributed by atoms with E-state index >= 15 is 0 Å². The first-order valence-electron chi connectivity index (χ1n) is 10.2. The van der Waals surface area contributed by atoms with E-state index in [9.17, 15) is 9.59 Å². The first-order chi connectivity index (χ1) is 14.5. The predicted molar refractivity (Wildman–Crippen MR) is 111 cm³/mol. The number of amides is 2. The molecule has 9 heteroatoms. The Morgan fingerprint density at radius 2 is 1.83 bits per heavy atom. The Morgan fingerprint density at radius 1 is 1.10 bits per heavy atom. The fourth-order valence-corrected chi connectivity index (χ4v) is 3.80. The normalized spacial score (nSPS) is 18.8. The molecule has 4 rings (SSSR count). The third kappa shape index (κ3) is 4.27. The van der Waals surface area contributed by atoms with Crippen LogP contribution >= 0.6 is 0 Å². The van der Waals surface area contributed by atoms with Gasteiger partial charge in [0.05, 0.1) is 5.71 Å². The maximum absolute atomic E-state index is 12.8. The van der Waals surface area contributed by atoms with Gasteiger partial charge in [-0.05, 0) is 38.9 Å². The molecule has 9 nitrogen and oxygen atoms in total. The average molecular weight is 410 g/mol. The molecule has 1 aliphatic carbocycles. The minimum atomic E-state index is -0.300. The Hall–Kier alpha value is -3.04. The molecule has 2 aromatic heterocycles. The van der Waals surface area contributed by atoms with Crippen LogP contribution in [0.3, 0.4) is 0 Å². The zero-order valence-electron chi connectivity index (χ0n) is 17.3. The third-order valence-electron chi connectivity index (χ3n) is 5.53. The highest BCUT2D eigenvalue weighted by molar-refractivity contribution is 6.07. The minimum absolute atomic E-state index is 0.244. The summed E-state index contributed by atoms with van der Waals surface area (Å²) in [6.07, 6.45) is 5.43. The molecule has 1 aliphatic heterocycles. The summed E-state index contributed by atoms with van der Waals surface area (Å²) in [5.74, 6) is 0.519. The number of hydrazone groups is 1. The number of hydrazine groups is 1. The van der Waals surface area contributed by atoms with Gasteiger partial charge in [0.25, 0.3) is 5.91 Å². The van der Waals surface area contributed by atoms with Crippen molar-refractivity contribution in [3.05, 3.63) is 52.7 Å². The summed E-state index contributed by atoms with van der Waals surface area (Å²) in [4.78, 5) is 31.3. The summed E-state index contributed by atoms with van der Waals surface area (Å²) in [5.41, 5.74) is 8.38. The van der Waals surface area contributed by atoms with Crippen molar-refractivity contribution in [1.82, 2.24) is 25.7 Å². The molecule has 158 valence electrons. The molecule has 0 spiro atoms. The number of fused-ring (bicyclic) bond motifs is 1. The van der Waals surface area contributed by atoms with E-state index in [1.54, 1.807) is 24.5 Å². The summed E-state index contributed by atoms with van der Waals surface area (Å²) in [5, 5.41) is 6.27. The fourth-order valence-electron chi connectivity index (χ4n) is 3.80. The number of furan rings is 1. The standard InChI is InChI=1S/C21H26N6O3/c1-14-18-16(23-24-20(28)15-6-8-22-9-7-15)4-3-5-17(18)30-19(14)21(29)25-27-12-10-26(2)11-13-27/h6-9H,3-5,10-13H2,1-2H3,(H,24,28)(H,25,29)/b23-16+. The summed E-state index contributed by atoms with van der Waals surface area (Å²) >= 11 is 0. The molecular weight excluding hydrogens is 384 g/mol. The van der Waals surface area contributed by atoms with Crippen LogP contribution in [-0.2, 0) is 6.42 Å². The largest absolute Gasteiger partial charge is 0.455 e. The van der Waals surface area contributed by atoms with Gasteiger partial charge in [-0.25, -0.2) is 10.4 Å². The molecule has 30 heavy (non-hydrogen) atoms. The molecule has 2 N–H and O–H groups in total. The molecule has 2 amide bonds. The van der Waals surface area contributed by atoms with Crippen molar-refractivity contribution in [1.29, 1.82) is 0 Å². The molecule has 2 aromatic rings. The second-order valence-corrected chi connectivity index (χ2v) is 7.67. The topological polar surface area (TPSA) is 103 Å². The van der Waals surface area contributed by atoms with Crippen molar-refractivity contribution in [2.45, 2.75) is 26.2 Å². The van der Waals surface area contributed by atoms with E-state index < -0.39 is 0 Å². The summed E-state index contributed by atoms with van der Waals surface area (Å²) in [6.45, 7) is 5.22. The molecule has 0 bridgehead atoms. The zero-order chi connectivity index (χ0) is 21.1. The Bertz CT molecular complexity index is 961. The van der Waals surface area contributed by atoms with Crippen LogP contribution in [0.2, 0.25) is 0 Å². The van der Waals surface area contributed by atoms with Crippen molar-refractivity contribution in [3.63, 3.8) is 0 Å². The molecule has 1 fully saturated rings. The quantitative estimate of drug-likeness (QED) is 0.738. The first-order valence-corrected chi connectivity index (χ1v) is 10.2. The van der Waals surface area contributed by atoms with Gasteiger partial charge in [0.15, 0.2) is 5.76 Å². The first kappa shape index (κ1) is 20.2. The maximum Gasteiger partial charge on any atom is 0.301 e. The number of rotatable bonds is 4. The van der Waals surface area contributed by atoms with Gasteiger partial charge >= 0.3 is 5.91 Å². The van der Waals surface area contributed by atoms with E-state index in [0.717, 1.165) is 61.6 Å². The van der Waals surface area contributed by atoms with Crippen molar-refractivity contribution < 1.29 is 14.0 Å². The van der Waals surface area contributed by atoms with E-state index in [-0.39, 0.29) is 11.8 Å².